The Bertz CT molecular complexity index is 1190. The minimum Gasteiger partial charge on any atom is -0.444 e. The Hall–Kier alpha value is -3.18. The van der Waals surface area contributed by atoms with Crippen LogP contribution in [0.2, 0.25) is 0 Å². The number of thiazole rings is 1. The maximum Gasteiger partial charge on any atom is 0.410 e. The van der Waals surface area contributed by atoms with Crippen molar-refractivity contribution >= 4 is 40.1 Å². The van der Waals surface area contributed by atoms with Gasteiger partial charge in [-0.3, -0.25) is 9.59 Å². The van der Waals surface area contributed by atoms with E-state index in [2.05, 4.69) is 20.5 Å². The van der Waals surface area contributed by atoms with Crippen LogP contribution >= 0.6 is 11.3 Å². The second-order valence-electron chi connectivity index (χ2n) is 11.0. The number of likely N-dealkylation sites (tertiary alicyclic amines) is 1. The zero-order valence-corrected chi connectivity index (χ0v) is 24.2. The van der Waals surface area contributed by atoms with Crippen LogP contribution in [0.5, 0.6) is 0 Å². The summed E-state index contributed by atoms with van der Waals surface area (Å²) >= 11 is 1.42. The van der Waals surface area contributed by atoms with Crippen LogP contribution in [-0.4, -0.2) is 79.3 Å². The maximum absolute atomic E-state index is 13.1. The van der Waals surface area contributed by atoms with Crippen LogP contribution in [0.3, 0.4) is 0 Å². The Kier molecular flexibility index (Phi) is 9.12. The third kappa shape index (κ3) is 7.27. The fraction of sp³-hybridized carbons (Fsp3) is 0.571. The van der Waals surface area contributed by atoms with E-state index in [9.17, 15) is 14.4 Å². The zero-order chi connectivity index (χ0) is 28.2. The molecule has 0 radical (unpaired) electrons. The molecule has 0 aliphatic carbocycles. The molecule has 2 fully saturated rings. The molecular weight excluding hydrogens is 518 g/mol. The molecule has 0 spiro atoms. The number of hydrogen-bond acceptors (Lipinski definition) is 8. The summed E-state index contributed by atoms with van der Waals surface area (Å²) in [6, 6.07) is 5.50. The van der Waals surface area contributed by atoms with E-state index in [0.29, 0.717) is 36.6 Å². The van der Waals surface area contributed by atoms with Crippen molar-refractivity contribution in [1.82, 2.24) is 15.2 Å². The minimum absolute atomic E-state index is 0.0671. The summed E-state index contributed by atoms with van der Waals surface area (Å²) in [5.74, 6) is -0.552. The molecule has 1 aromatic heterocycles. The third-order valence-electron chi connectivity index (χ3n) is 6.86. The highest BCUT2D eigenvalue weighted by Crippen LogP contribution is 2.32. The molecule has 3 heterocycles. The molecule has 2 N–H and O–H groups in total. The van der Waals surface area contributed by atoms with Gasteiger partial charge in [0.2, 0.25) is 0 Å². The van der Waals surface area contributed by atoms with Gasteiger partial charge in [-0.05, 0) is 57.7 Å². The number of amides is 3. The maximum atomic E-state index is 13.1. The summed E-state index contributed by atoms with van der Waals surface area (Å²) in [5.41, 5.74) is 1.51. The first-order chi connectivity index (χ1) is 18.6. The molecule has 1 aromatic carbocycles. The van der Waals surface area contributed by atoms with E-state index < -0.39 is 5.60 Å². The number of rotatable bonds is 8. The number of methoxy groups -OCH3 is 1. The molecule has 212 valence electrons. The van der Waals surface area contributed by atoms with E-state index in [0.717, 1.165) is 43.0 Å². The summed E-state index contributed by atoms with van der Waals surface area (Å²) in [4.78, 5) is 47.1. The van der Waals surface area contributed by atoms with Crippen LogP contribution < -0.4 is 15.5 Å². The Balaban J connectivity index is 1.49. The number of carbonyl (C=O) groups is 3. The molecule has 39 heavy (non-hydrogen) atoms. The predicted molar refractivity (Wildman–Crippen MR) is 152 cm³/mol. The van der Waals surface area contributed by atoms with Crippen LogP contribution in [0.25, 0.3) is 0 Å². The minimum atomic E-state index is -0.557. The fourth-order valence-electron chi connectivity index (χ4n) is 4.77. The lowest BCUT2D eigenvalue weighted by molar-refractivity contribution is 0.0292. The van der Waals surface area contributed by atoms with E-state index in [-0.39, 0.29) is 29.9 Å². The molecule has 3 amide bonds. The molecule has 1 unspecified atom stereocenters. The first kappa shape index (κ1) is 28.8. The van der Waals surface area contributed by atoms with Crippen molar-refractivity contribution in [2.45, 2.75) is 64.6 Å². The summed E-state index contributed by atoms with van der Waals surface area (Å²) in [6.07, 6.45) is 2.33. The lowest BCUT2D eigenvalue weighted by atomic mass is 9.95. The number of anilines is 2. The van der Waals surface area contributed by atoms with Crippen molar-refractivity contribution in [2.75, 3.05) is 50.1 Å². The van der Waals surface area contributed by atoms with Crippen molar-refractivity contribution in [2.24, 2.45) is 0 Å². The zero-order valence-electron chi connectivity index (χ0n) is 23.4. The number of nitrogens with zero attached hydrogens (tertiary/aromatic N) is 3. The van der Waals surface area contributed by atoms with Crippen LogP contribution in [0.4, 0.5) is 15.6 Å². The van der Waals surface area contributed by atoms with E-state index in [1.165, 1.54) is 11.3 Å². The Morgan fingerprint density at radius 2 is 1.92 bits per heavy atom. The van der Waals surface area contributed by atoms with Gasteiger partial charge in [-0.1, -0.05) is 13.0 Å². The molecule has 10 nitrogen and oxygen atoms in total. The van der Waals surface area contributed by atoms with Gasteiger partial charge >= 0.3 is 6.09 Å². The molecule has 2 aliphatic heterocycles. The average Bonchev–Trinajstić information content (AvgIpc) is 3.66. The van der Waals surface area contributed by atoms with Gasteiger partial charge in [-0.25, -0.2) is 9.78 Å². The van der Waals surface area contributed by atoms with Crippen molar-refractivity contribution in [3.63, 3.8) is 0 Å². The normalized spacial score (nSPS) is 19.3. The molecule has 2 atom stereocenters. The number of carbonyl (C=O) groups excluding carboxylic acids is 3. The van der Waals surface area contributed by atoms with Crippen molar-refractivity contribution in [3.8, 4) is 0 Å². The molecule has 2 saturated heterocycles. The molecular formula is C28H39N5O5S. The molecule has 0 bridgehead atoms. The van der Waals surface area contributed by atoms with Crippen LogP contribution in [0, 0.1) is 0 Å². The highest BCUT2D eigenvalue weighted by Gasteiger charge is 2.31. The van der Waals surface area contributed by atoms with Crippen molar-refractivity contribution in [3.05, 3.63) is 40.4 Å². The average molecular weight is 558 g/mol. The smallest absolute Gasteiger partial charge is 0.410 e. The Labute approximate surface area is 234 Å². The second-order valence-corrected chi connectivity index (χ2v) is 11.9. The van der Waals surface area contributed by atoms with Gasteiger partial charge in [0.15, 0.2) is 5.13 Å². The summed E-state index contributed by atoms with van der Waals surface area (Å²) in [5, 5.41) is 8.33. The van der Waals surface area contributed by atoms with Gasteiger partial charge in [0.1, 0.15) is 11.3 Å². The van der Waals surface area contributed by atoms with Crippen molar-refractivity contribution < 1.29 is 23.9 Å². The lowest BCUT2D eigenvalue weighted by Crippen LogP contribution is -2.35. The number of aromatic nitrogens is 1. The molecule has 4 rings (SSSR count). The summed E-state index contributed by atoms with van der Waals surface area (Å²) in [7, 11) is 1.71. The van der Waals surface area contributed by atoms with Crippen LogP contribution in [0.15, 0.2) is 23.6 Å². The molecule has 2 aromatic rings. The third-order valence-corrected chi connectivity index (χ3v) is 7.76. The van der Waals surface area contributed by atoms with Gasteiger partial charge in [0.25, 0.3) is 11.8 Å². The first-order valence-corrected chi connectivity index (χ1v) is 14.4. The standard InChI is InChI=1S/C28H39N5O5S/c1-6-11-29-24(34)21-14-18(19-9-12-33(15-19)27(36)38-28(2,3)4)7-8-22(21)30-25(35)23-17-39-26(31-23)32-13-10-20(16-32)37-5/h7-8,14,17,19-20H,6,9-13,15-16H2,1-5H3,(H,29,34)(H,30,35)/t19?,20-/m0/s1. The van der Waals surface area contributed by atoms with E-state index in [4.69, 9.17) is 9.47 Å². The Morgan fingerprint density at radius 3 is 2.62 bits per heavy atom. The lowest BCUT2D eigenvalue weighted by Gasteiger charge is -2.24. The first-order valence-electron chi connectivity index (χ1n) is 13.5. The quantitative estimate of drug-likeness (QED) is 0.492. The number of ether oxygens (including phenoxy) is 2. The number of benzene rings is 1. The fourth-order valence-corrected chi connectivity index (χ4v) is 5.61. The highest BCUT2D eigenvalue weighted by atomic mass is 32.1. The number of nitrogens with one attached hydrogen (secondary N) is 2. The van der Waals surface area contributed by atoms with E-state index in [1.807, 2.05) is 39.8 Å². The number of hydrogen-bond donors (Lipinski definition) is 2. The second kappa shape index (κ2) is 12.3. The SMILES string of the molecule is CCCNC(=O)c1cc(C2CCN(C(=O)OC(C)(C)C)C2)ccc1NC(=O)c1csc(N2CC[C@H](OC)C2)n1. The van der Waals surface area contributed by atoms with Gasteiger partial charge in [-0.15, -0.1) is 11.3 Å². The van der Waals surface area contributed by atoms with Gasteiger partial charge in [0, 0.05) is 51.1 Å². The van der Waals surface area contributed by atoms with Crippen LogP contribution in [0.1, 0.15) is 79.3 Å². The molecule has 0 saturated carbocycles. The predicted octanol–water partition coefficient (Wildman–Crippen LogP) is 4.48. The molecule has 2 aliphatic rings. The van der Waals surface area contributed by atoms with Crippen molar-refractivity contribution in [1.29, 1.82) is 0 Å². The van der Waals surface area contributed by atoms with E-state index >= 15 is 0 Å². The van der Waals surface area contributed by atoms with Gasteiger partial charge in [-0.2, -0.15) is 0 Å². The monoisotopic (exact) mass is 557 g/mol. The van der Waals surface area contributed by atoms with E-state index in [1.54, 1.807) is 23.5 Å². The summed E-state index contributed by atoms with van der Waals surface area (Å²) in [6.45, 7) is 10.7. The Morgan fingerprint density at radius 1 is 1.13 bits per heavy atom. The highest BCUT2D eigenvalue weighted by molar-refractivity contribution is 7.14. The largest absolute Gasteiger partial charge is 0.444 e. The van der Waals surface area contributed by atoms with Crippen LogP contribution in [-0.2, 0) is 9.47 Å². The summed E-state index contributed by atoms with van der Waals surface area (Å²) < 4.78 is 11.0. The topological polar surface area (TPSA) is 113 Å². The molecule has 11 heteroatoms. The van der Waals surface area contributed by atoms with Gasteiger partial charge < -0.3 is 29.9 Å². The van der Waals surface area contributed by atoms with Gasteiger partial charge in [0.05, 0.1) is 17.4 Å².